The van der Waals surface area contributed by atoms with E-state index in [1.807, 2.05) is 0 Å². The molecule has 1 aromatic carbocycles. The molecule has 0 aliphatic rings. The van der Waals surface area contributed by atoms with Gasteiger partial charge in [-0.15, -0.1) is 35.3 Å². The van der Waals surface area contributed by atoms with Crippen LogP contribution in [0.4, 0.5) is 0 Å². The average molecular weight is 503 g/mol. The molecule has 0 aliphatic heterocycles. The molecule has 7 heteroatoms. The molecule has 0 unspecified atom stereocenters. The summed E-state index contributed by atoms with van der Waals surface area (Å²) in [5.74, 6) is 1.69. The van der Waals surface area contributed by atoms with Gasteiger partial charge in [0.1, 0.15) is 5.75 Å². The van der Waals surface area contributed by atoms with Crippen molar-refractivity contribution in [3.63, 3.8) is 0 Å². The lowest BCUT2D eigenvalue weighted by Crippen LogP contribution is -2.36. The summed E-state index contributed by atoms with van der Waals surface area (Å²) in [5, 5.41) is 6.72. The van der Waals surface area contributed by atoms with Crippen LogP contribution in [0, 0.1) is 13.8 Å². The summed E-state index contributed by atoms with van der Waals surface area (Å²) in [4.78, 5) is 6.91. The van der Waals surface area contributed by atoms with Crippen LogP contribution < -0.4 is 15.4 Å². The zero-order valence-corrected chi connectivity index (χ0v) is 19.6. The molecule has 2 aromatic rings. The van der Waals surface area contributed by atoms with Crippen LogP contribution in [0.2, 0.25) is 0 Å². The Bertz CT molecular complexity index is 719. The van der Waals surface area contributed by atoms with Gasteiger partial charge in [-0.05, 0) is 37.6 Å². The number of aliphatic imine (C=N–C) groups is 1. The standard InChI is InChI=1S/C20H29N3O2S.HI/c1-15-6-8-17(19(12-15)25-11-5-10-24-4)13-22-20(21-3)23-14-18-9-7-16(2)26-18;/h6-9,12H,5,10-11,13-14H2,1-4H3,(H2,21,22,23);1H. The molecule has 0 aliphatic carbocycles. The lowest BCUT2D eigenvalue weighted by Gasteiger charge is -2.15. The van der Waals surface area contributed by atoms with E-state index in [-0.39, 0.29) is 24.0 Å². The third-order valence-electron chi connectivity index (χ3n) is 3.87. The van der Waals surface area contributed by atoms with Crippen molar-refractivity contribution in [2.24, 2.45) is 4.99 Å². The second-order valence-corrected chi connectivity index (χ2v) is 7.47. The highest BCUT2D eigenvalue weighted by Gasteiger charge is 2.06. The first-order valence-electron chi connectivity index (χ1n) is 8.83. The molecule has 0 bridgehead atoms. The van der Waals surface area contributed by atoms with Crippen molar-refractivity contribution in [1.82, 2.24) is 10.6 Å². The van der Waals surface area contributed by atoms with Crippen LogP contribution in [-0.4, -0.2) is 33.3 Å². The number of benzene rings is 1. The zero-order chi connectivity index (χ0) is 18.8. The molecule has 0 atom stereocenters. The summed E-state index contributed by atoms with van der Waals surface area (Å²) in [5.41, 5.74) is 2.30. The maximum atomic E-state index is 5.94. The summed E-state index contributed by atoms with van der Waals surface area (Å²) in [6, 6.07) is 10.6. The molecule has 27 heavy (non-hydrogen) atoms. The van der Waals surface area contributed by atoms with Crippen molar-refractivity contribution in [1.29, 1.82) is 0 Å². The molecule has 5 nitrogen and oxygen atoms in total. The topological polar surface area (TPSA) is 54.9 Å². The summed E-state index contributed by atoms with van der Waals surface area (Å²) in [6.45, 7) is 6.97. The number of aryl methyl sites for hydroxylation is 2. The molecule has 0 saturated heterocycles. The van der Waals surface area contributed by atoms with Gasteiger partial charge in [-0.2, -0.15) is 0 Å². The van der Waals surface area contributed by atoms with Crippen LogP contribution in [0.1, 0.15) is 27.3 Å². The number of hydrogen-bond donors (Lipinski definition) is 2. The molecular weight excluding hydrogens is 473 g/mol. The minimum atomic E-state index is 0. The number of hydrogen-bond acceptors (Lipinski definition) is 4. The van der Waals surface area contributed by atoms with Gasteiger partial charge >= 0.3 is 0 Å². The van der Waals surface area contributed by atoms with E-state index in [0.717, 1.165) is 30.2 Å². The van der Waals surface area contributed by atoms with E-state index < -0.39 is 0 Å². The van der Waals surface area contributed by atoms with E-state index in [0.29, 0.717) is 19.8 Å². The van der Waals surface area contributed by atoms with E-state index in [9.17, 15) is 0 Å². The SMILES string of the molecule is CN=C(NCc1ccc(C)s1)NCc1ccc(C)cc1OCCCOC.I. The molecule has 1 heterocycles. The summed E-state index contributed by atoms with van der Waals surface area (Å²) < 4.78 is 11.0. The predicted molar refractivity (Wildman–Crippen MR) is 125 cm³/mol. The lowest BCUT2D eigenvalue weighted by atomic mass is 10.1. The van der Waals surface area contributed by atoms with Crippen molar-refractivity contribution in [3.8, 4) is 5.75 Å². The molecule has 0 amide bonds. The van der Waals surface area contributed by atoms with Gasteiger partial charge < -0.3 is 20.1 Å². The Hall–Kier alpha value is -1.32. The third kappa shape index (κ3) is 8.49. The fourth-order valence-electron chi connectivity index (χ4n) is 2.48. The van der Waals surface area contributed by atoms with Crippen LogP contribution in [0.3, 0.4) is 0 Å². The first-order valence-corrected chi connectivity index (χ1v) is 9.65. The number of nitrogens with one attached hydrogen (secondary N) is 2. The molecule has 0 spiro atoms. The highest BCUT2D eigenvalue weighted by molar-refractivity contribution is 14.0. The minimum Gasteiger partial charge on any atom is -0.493 e. The molecule has 0 radical (unpaired) electrons. The number of ether oxygens (including phenoxy) is 2. The quantitative estimate of drug-likeness (QED) is 0.233. The van der Waals surface area contributed by atoms with Crippen molar-refractivity contribution in [2.45, 2.75) is 33.4 Å². The molecule has 0 saturated carbocycles. The zero-order valence-electron chi connectivity index (χ0n) is 16.5. The Morgan fingerprint density at radius 2 is 1.85 bits per heavy atom. The smallest absolute Gasteiger partial charge is 0.191 e. The molecule has 1 aromatic heterocycles. The number of guanidine groups is 1. The van der Waals surface area contributed by atoms with Crippen LogP contribution in [0.5, 0.6) is 5.75 Å². The fraction of sp³-hybridized carbons (Fsp3) is 0.450. The maximum Gasteiger partial charge on any atom is 0.191 e. The summed E-state index contributed by atoms with van der Waals surface area (Å²) in [7, 11) is 3.49. The number of halogens is 1. The van der Waals surface area contributed by atoms with Crippen LogP contribution in [0.25, 0.3) is 0 Å². The minimum absolute atomic E-state index is 0. The van der Waals surface area contributed by atoms with E-state index in [1.165, 1.54) is 15.3 Å². The molecule has 2 rings (SSSR count). The maximum absolute atomic E-state index is 5.94. The Morgan fingerprint density at radius 3 is 2.52 bits per heavy atom. The van der Waals surface area contributed by atoms with Crippen molar-refractivity contribution < 1.29 is 9.47 Å². The van der Waals surface area contributed by atoms with Crippen molar-refractivity contribution in [3.05, 3.63) is 51.2 Å². The van der Waals surface area contributed by atoms with E-state index in [4.69, 9.17) is 9.47 Å². The van der Waals surface area contributed by atoms with Gasteiger partial charge in [0.2, 0.25) is 0 Å². The van der Waals surface area contributed by atoms with Gasteiger partial charge in [0.25, 0.3) is 0 Å². The highest BCUT2D eigenvalue weighted by Crippen LogP contribution is 2.20. The summed E-state index contributed by atoms with van der Waals surface area (Å²) in [6.07, 6.45) is 0.876. The van der Waals surface area contributed by atoms with E-state index in [1.54, 1.807) is 25.5 Å². The van der Waals surface area contributed by atoms with Crippen molar-refractivity contribution in [2.75, 3.05) is 27.4 Å². The number of rotatable bonds is 9. The Morgan fingerprint density at radius 1 is 1.07 bits per heavy atom. The van der Waals surface area contributed by atoms with Crippen LogP contribution in [-0.2, 0) is 17.8 Å². The molecule has 0 fully saturated rings. The van der Waals surface area contributed by atoms with Gasteiger partial charge in [-0.3, -0.25) is 4.99 Å². The molecular formula is C20H30IN3O2S. The van der Waals surface area contributed by atoms with Gasteiger partial charge in [0.05, 0.1) is 13.2 Å². The van der Waals surface area contributed by atoms with E-state index in [2.05, 4.69) is 59.8 Å². The number of thiophene rings is 1. The normalized spacial score (nSPS) is 11.0. The van der Waals surface area contributed by atoms with E-state index >= 15 is 0 Å². The Kier molecular flexibility index (Phi) is 11.4. The van der Waals surface area contributed by atoms with Crippen LogP contribution >= 0.6 is 35.3 Å². The first kappa shape index (κ1) is 23.7. The highest BCUT2D eigenvalue weighted by atomic mass is 127. The molecule has 150 valence electrons. The van der Waals surface area contributed by atoms with Crippen molar-refractivity contribution >= 4 is 41.3 Å². The summed E-state index contributed by atoms with van der Waals surface area (Å²) >= 11 is 1.80. The number of nitrogens with zero attached hydrogens (tertiary/aromatic N) is 1. The number of methoxy groups -OCH3 is 1. The Labute approximate surface area is 183 Å². The average Bonchev–Trinajstić information content (AvgIpc) is 3.05. The monoisotopic (exact) mass is 503 g/mol. The largest absolute Gasteiger partial charge is 0.493 e. The predicted octanol–water partition coefficient (Wildman–Crippen LogP) is 4.26. The van der Waals surface area contributed by atoms with Gasteiger partial charge in [0, 0.05) is 49.0 Å². The van der Waals surface area contributed by atoms with Gasteiger partial charge in [0.15, 0.2) is 5.96 Å². The van der Waals surface area contributed by atoms with Gasteiger partial charge in [-0.25, -0.2) is 0 Å². The molecule has 2 N–H and O–H groups in total. The Balaban J connectivity index is 0.00000364. The van der Waals surface area contributed by atoms with Crippen LogP contribution in [0.15, 0.2) is 35.3 Å². The lowest BCUT2D eigenvalue weighted by molar-refractivity contribution is 0.171. The first-order chi connectivity index (χ1) is 12.6. The second-order valence-electron chi connectivity index (χ2n) is 6.10. The second kappa shape index (κ2) is 13.0. The third-order valence-corrected chi connectivity index (χ3v) is 4.87. The van der Waals surface area contributed by atoms with Gasteiger partial charge in [-0.1, -0.05) is 12.1 Å². The fourth-order valence-corrected chi connectivity index (χ4v) is 3.31.